The average Bonchev–Trinajstić information content (AvgIpc) is 2.65. The van der Waals surface area contributed by atoms with Crippen LogP contribution in [0.3, 0.4) is 0 Å². The largest absolute Gasteiger partial charge is 0.493 e. The second-order valence-corrected chi connectivity index (χ2v) is 4.76. The number of anilines is 1. The van der Waals surface area contributed by atoms with Crippen LogP contribution in [0.15, 0.2) is 54.6 Å². The Labute approximate surface area is 144 Å². The summed E-state index contributed by atoms with van der Waals surface area (Å²) in [7, 11) is 1.48. The van der Waals surface area contributed by atoms with Crippen LogP contribution in [0.2, 0.25) is 0 Å². The summed E-state index contributed by atoms with van der Waals surface area (Å²) < 4.78 is 10.4. The Morgan fingerprint density at radius 3 is 2.16 bits per heavy atom. The van der Waals surface area contributed by atoms with Crippen LogP contribution in [-0.4, -0.2) is 31.4 Å². The van der Waals surface area contributed by atoms with Crippen LogP contribution < -0.4 is 25.6 Å². The zero-order valence-corrected chi connectivity index (χ0v) is 13.4. The van der Waals surface area contributed by atoms with Gasteiger partial charge in [0.05, 0.1) is 7.11 Å². The van der Waals surface area contributed by atoms with Gasteiger partial charge in [0.2, 0.25) is 0 Å². The van der Waals surface area contributed by atoms with Gasteiger partial charge in [0.1, 0.15) is 0 Å². The standard InChI is InChI=1S/C17H17N3O5/c1-24-13-9-5-6-10-14(13)25-11-15(21)19-20-17(23)16(22)18-12-7-3-2-4-8-12/h2-10H,11H2,1H3,(H,18,22)(H,19,21)(H,20,23). The molecule has 0 aliphatic rings. The Bertz CT molecular complexity index is 749. The third kappa shape index (κ3) is 5.54. The summed E-state index contributed by atoms with van der Waals surface area (Å²) in [5, 5.41) is 2.39. The highest BCUT2D eigenvalue weighted by molar-refractivity contribution is 6.39. The lowest BCUT2D eigenvalue weighted by molar-refractivity contribution is -0.138. The molecule has 0 atom stereocenters. The molecule has 0 bridgehead atoms. The van der Waals surface area contributed by atoms with Crippen molar-refractivity contribution in [2.75, 3.05) is 19.0 Å². The molecule has 0 saturated heterocycles. The topological polar surface area (TPSA) is 106 Å². The van der Waals surface area contributed by atoms with Crippen LogP contribution in [0.25, 0.3) is 0 Å². The molecule has 0 aliphatic carbocycles. The summed E-state index contributed by atoms with van der Waals surface area (Å²) in [6, 6.07) is 15.3. The number of hydrazine groups is 1. The Balaban J connectivity index is 1.75. The highest BCUT2D eigenvalue weighted by Crippen LogP contribution is 2.25. The van der Waals surface area contributed by atoms with Crippen LogP contribution in [0.1, 0.15) is 0 Å². The predicted molar refractivity (Wildman–Crippen MR) is 89.8 cm³/mol. The van der Waals surface area contributed by atoms with E-state index in [1.165, 1.54) is 7.11 Å². The summed E-state index contributed by atoms with van der Waals surface area (Å²) in [4.78, 5) is 35.0. The van der Waals surface area contributed by atoms with Crippen LogP contribution in [0.5, 0.6) is 11.5 Å². The number of methoxy groups -OCH3 is 1. The normalized spacial score (nSPS) is 9.64. The highest BCUT2D eigenvalue weighted by atomic mass is 16.5. The number of para-hydroxylation sites is 3. The number of benzene rings is 2. The maximum Gasteiger partial charge on any atom is 0.328 e. The number of nitrogens with one attached hydrogen (secondary N) is 3. The van der Waals surface area contributed by atoms with Crippen molar-refractivity contribution in [1.29, 1.82) is 0 Å². The molecule has 130 valence electrons. The summed E-state index contributed by atoms with van der Waals surface area (Å²) in [6.07, 6.45) is 0. The number of hydrogen-bond acceptors (Lipinski definition) is 5. The molecule has 2 rings (SSSR count). The van der Waals surface area contributed by atoms with E-state index in [4.69, 9.17) is 9.47 Å². The minimum atomic E-state index is -1.01. The first-order valence-electron chi connectivity index (χ1n) is 7.31. The fourth-order valence-corrected chi connectivity index (χ4v) is 1.81. The van der Waals surface area contributed by atoms with Crippen LogP contribution in [0, 0.1) is 0 Å². The number of carbonyl (C=O) groups is 3. The SMILES string of the molecule is COc1ccccc1OCC(=O)NNC(=O)C(=O)Nc1ccccc1. The van der Waals surface area contributed by atoms with Gasteiger partial charge in [0.25, 0.3) is 5.91 Å². The van der Waals surface area contributed by atoms with Crippen LogP contribution in [0.4, 0.5) is 5.69 Å². The first-order chi connectivity index (χ1) is 12.1. The van der Waals surface area contributed by atoms with E-state index in [1.807, 2.05) is 5.43 Å². The number of ether oxygens (including phenoxy) is 2. The van der Waals surface area contributed by atoms with E-state index in [-0.39, 0.29) is 6.61 Å². The van der Waals surface area contributed by atoms with Gasteiger partial charge in [-0.2, -0.15) is 0 Å². The summed E-state index contributed by atoms with van der Waals surface area (Å²) in [5.74, 6) is -1.69. The van der Waals surface area contributed by atoms with E-state index in [1.54, 1.807) is 54.6 Å². The molecule has 2 aromatic carbocycles. The molecule has 25 heavy (non-hydrogen) atoms. The predicted octanol–water partition coefficient (Wildman–Crippen LogP) is 0.860. The van der Waals surface area contributed by atoms with Gasteiger partial charge in [-0.1, -0.05) is 30.3 Å². The number of amides is 3. The fourth-order valence-electron chi connectivity index (χ4n) is 1.81. The molecule has 0 heterocycles. The summed E-state index contributed by atoms with van der Waals surface area (Å²) >= 11 is 0. The van der Waals surface area contributed by atoms with Crippen molar-refractivity contribution in [3.63, 3.8) is 0 Å². The first-order valence-corrected chi connectivity index (χ1v) is 7.31. The maximum absolute atomic E-state index is 11.7. The van der Waals surface area contributed by atoms with E-state index in [2.05, 4.69) is 10.7 Å². The van der Waals surface area contributed by atoms with Gasteiger partial charge in [-0.25, -0.2) is 0 Å². The van der Waals surface area contributed by atoms with Gasteiger partial charge in [-0.15, -0.1) is 0 Å². The van der Waals surface area contributed by atoms with Gasteiger partial charge in [0.15, 0.2) is 18.1 Å². The lowest BCUT2D eigenvalue weighted by Gasteiger charge is -2.11. The Kier molecular flexibility index (Phi) is 6.35. The second kappa shape index (κ2) is 8.92. The highest BCUT2D eigenvalue weighted by Gasteiger charge is 2.15. The van der Waals surface area contributed by atoms with Gasteiger partial charge >= 0.3 is 11.8 Å². The molecule has 8 nitrogen and oxygen atoms in total. The van der Waals surface area contributed by atoms with E-state index >= 15 is 0 Å². The van der Waals surface area contributed by atoms with Crippen molar-refractivity contribution < 1.29 is 23.9 Å². The monoisotopic (exact) mass is 343 g/mol. The second-order valence-electron chi connectivity index (χ2n) is 4.76. The molecular weight excluding hydrogens is 326 g/mol. The lowest BCUT2D eigenvalue weighted by Crippen LogP contribution is -2.48. The van der Waals surface area contributed by atoms with Crippen molar-refractivity contribution in [1.82, 2.24) is 10.9 Å². The van der Waals surface area contributed by atoms with Crippen LogP contribution in [-0.2, 0) is 14.4 Å². The van der Waals surface area contributed by atoms with E-state index in [0.717, 1.165) is 0 Å². The molecule has 3 N–H and O–H groups in total. The van der Waals surface area contributed by atoms with Crippen molar-refractivity contribution >= 4 is 23.4 Å². The third-order valence-electron chi connectivity index (χ3n) is 2.98. The molecule has 0 radical (unpaired) electrons. The fraction of sp³-hybridized carbons (Fsp3) is 0.118. The van der Waals surface area contributed by atoms with Gasteiger partial charge in [-0.3, -0.25) is 25.2 Å². The maximum atomic E-state index is 11.7. The van der Waals surface area contributed by atoms with E-state index < -0.39 is 17.7 Å². The number of rotatable bonds is 5. The molecule has 0 spiro atoms. The molecule has 8 heteroatoms. The smallest absolute Gasteiger partial charge is 0.328 e. The van der Waals surface area contributed by atoms with Gasteiger partial charge < -0.3 is 14.8 Å². The van der Waals surface area contributed by atoms with Crippen molar-refractivity contribution in [3.8, 4) is 11.5 Å². The molecule has 0 aromatic heterocycles. The average molecular weight is 343 g/mol. The molecule has 0 fully saturated rings. The molecule has 0 saturated carbocycles. The van der Waals surface area contributed by atoms with Gasteiger partial charge in [-0.05, 0) is 24.3 Å². The Morgan fingerprint density at radius 1 is 0.840 bits per heavy atom. The lowest BCUT2D eigenvalue weighted by atomic mass is 10.3. The molecular formula is C17H17N3O5. The summed E-state index contributed by atoms with van der Waals surface area (Å²) in [5.41, 5.74) is 4.56. The van der Waals surface area contributed by atoms with E-state index in [9.17, 15) is 14.4 Å². The van der Waals surface area contributed by atoms with Crippen molar-refractivity contribution in [2.45, 2.75) is 0 Å². The Hall–Kier alpha value is -3.55. The summed E-state index contributed by atoms with van der Waals surface area (Å²) in [6.45, 7) is -0.360. The minimum Gasteiger partial charge on any atom is -0.493 e. The van der Waals surface area contributed by atoms with Gasteiger partial charge in [0, 0.05) is 5.69 Å². The van der Waals surface area contributed by atoms with Crippen molar-refractivity contribution in [2.24, 2.45) is 0 Å². The van der Waals surface area contributed by atoms with Crippen molar-refractivity contribution in [3.05, 3.63) is 54.6 Å². The minimum absolute atomic E-state index is 0.360. The zero-order valence-electron chi connectivity index (χ0n) is 13.4. The number of carbonyl (C=O) groups excluding carboxylic acids is 3. The number of hydrogen-bond donors (Lipinski definition) is 3. The third-order valence-corrected chi connectivity index (χ3v) is 2.98. The first kappa shape index (κ1) is 17.8. The zero-order chi connectivity index (χ0) is 18.1. The molecule has 0 unspecified atom stereocenters. The molecule has 2 aromatic rings. The van der Waals surface area contributed by atoms with E-state index in [0.29, 0.717) is 17.2 Å². The molecule has 0 aliphatic heterocycles. The Morgan fingerprint density at radius 2 is 1.48 bits per heavy atom. The van der Waals surface area contributed by atoms with Crippen LogP contribution >= 0.6 is 0 Å². The quantitative estimate of drug-likeness (QED) is 0.552. The molecule has 3 amide bonds.